The van der Waals surface area contributed by atoms with Gasteiger partial charge in [0.1, 0.15) is 5.60 Å². The molecule has 0 unspecified atom stereocenters. The molecular weight excluding hydrogens is 192 g/mol. The third-order valence-electron chi connectivity index (χ3n) is 2.25. The van der Waals surface area contributed by atoms with Gasteiger partial charge in [0.05, 0.1) is 0 Å². The Hall–Kier alpha value is -0.770. The average molecular weight is 214 g/mol. The van der Waals surface area contributed by atoms with Crippen LogP contribution in [-0.4, -0.2) is 29.8 Å². The highest BCUT2D eigenvalue weighted by Gasteiger charge is 2.18. The molecule has 1 fully saturated rings. The minimum Gasteiger partial charge on any atom is -0.443 e. The summed E-state index contributed by atoms with van der Waals surface area (Å²) >= 11 is 0. The number of hydrogen-bond donors (Lipinski definition) is 1. The van der Waals surface area contributed by atoms with E-state index in [4.69, 9.17) is 4.74 Å². The van der Waals surface area contributed by atoms with Gasteiger partial charge in [-0.05, 0) is 33.6 Å². The van der Waals surface area contributed by atoms with E-state index in [1.54, 1.807) is 0 Å². The first-order valence-corrected chi connectivity index (χ1v) is 5.72. The number of amides is 1. The van der Waals surface area contributed by atoms with Crippen LogP contribution in [0.3, 0.4) is 0 Å². The molecule has 0 aromatic rings. The Morgan fingerprint density at radius 3 is 2.13 bits per heavy atom. The molecule has 0 spiro atoms. The Bertz CT molecular complexity index is 203. The molecule has 0 atom stereocenters. The van der Waals surface area contributed by atoms with Crippen LogP contribution in [0.5, 0.6) is 0 Å². The number of carbonyl (C=O) groups excluding carboxylic acids is 1. The summed E-state index contributed by atoms with van der Waals surface area (Å²) in [7, 11) is 0. The van der Waals surface area contributed by atoms with Gasteiger partial charge in [0.15, 0.2) is 0 Å². The Kier molecular flexibility index (Phi) is 4.39. The minimum atomic E-state index is -0.421. The summed E-state index contributed by atoms with van der Waals surface area (Å²) in [6.45, 7) is 7.47. The smallest absolute Gasteiger partial charge is 0.422 e. The van der Waals surface area contributed by atoms with Crippen LogP contribution in [0.2, 0.25) is 0 Å². The Morgan fingerprint density at radius 1 is 1.13 bits per heavy atom. The van der Waals surface area contributed by atoms with Crippen LogP contribution >= 0.6 is 0 Å². The fourth-order valence-corrected chi connectivity index (χ4v) is 1.61. The molecular formula is C11H22N2O2. The van der Waals surface area contributed by atoms with Gasteiger partial charge in [-0.3, -0.25) is 5.43 Å². The highest BCUT2D eigenvalue weighted by molar-refractivity contribution is 5.67. The van der Waals surface area contributed by atoms with E-state index in [2.05, 4.69) is 5.43 Å². The maximum atomic E-state index is 11.5. The molecule has 1 saturated heterocycles. The Balaban J connectivity index is 2.30. The van der Waals surface area contributed by atoms with Crippen molar-refractivity contribution in [2.75, 3.05) is 13.1 Å². The second-order valence-electron chi connectivity index (χ2n) is 5.01. The summed E-state index contributed by atoms with van der Waals surface area (Å²) in [4.78, 5) is 11.5. The molecule has 0 radical (unpaired) electrons. The lowest BCUT2D eigenvalue weighted by molar-refractivity contribution is 0.0335. The standard InChI is InChI=1S/C11H22N2O2/c1-11(2,3)15-10(14)12-13-8-6-4-5-7-9-13/h4-9H2,1-3H3,(H,12,14). The van der Waals surface area contributed by atoms with Gasteiger partial charge in [-0.2, -0.15) is 0 Å². The number of nitrogens with one attached hydrogen (secondary N) is 1. The molecule has 88 valence electrons. The fraction of sp³-hybridized carbons (Fsp3) is 0.909. The van der Waals surface area contributed by atoms with Crippen LogP contribution in [0, 0.1) is 0 Å². The molecule has 0 aromatic heterocycles. The van der Waals surface area contributed by atoms with Crippen molar-refractivity contribution in [1.29, 1.82) is 0 Å². The van der Waals surface area contributed by atoms with E-state index >= 15 is 0 Å². The molecule has 1 aliphatic rings. The van der Waals surface area contributed by atoms with Gasteiger partial charge in [0.25, 0.3) is 0 Å². The van der Waals surface area contributed by atoms with E-state index in [-0.39, 0.29) is 6.09 Å². The van der Waals surface area contributed by atoms with E-state index < -0.39 is 5.60 Å². The van der Waals surface area contributed by atoms with Gasteiger partial charge in [-0.15, -0.1) is 0 Å². The lowest BCUT2D eigenvalue weighted by Crippen LogP contribution is -2.45. The molecule has 15 heavy (non-hydrogen) atoms. The lowest BCUT2D eigenvalue weighted by atomic mass is 10.2. The monoisotopic (exact) mass is 214 g/mol. The highest BCUT2D eigenvalue weighted by atomic mass is 16.6. The quantitative estimate of drug-likeness (QED) is 0.728. The molecule has 1 aliphatic heterocycles. The lowest BCUT2D eigenvalue weighted by Gasteiger charge is -2.24. The molecule has 0 bridgehead atoms. The molecule has 1 heterocycles. The summed E-state index contributed by atoms with van der Waals surface area (Å²) in [5.41, 5.74) is 2.37. The summed E-state index contributed by atoms with van der Waals surface area (Å²) in [5.74, 6) is 0. The van der Waals surface area contributed by atoms with E-state index in [0.717, 1.165) is 25.9 Å². The third kappa shape index (κ3) is 5.62. The van der Waals surface area contributed by atoms with E-state index in [1.165, 1.54) is 12.8 Å². The second-order valence-corrected chi connectivity index (χ2v) is 5.01. The van der Waals surface area contributed by atoms with E-state index in [9.17, 15) is 4.79 Å². The van der Waals surface area contributed by atoms with Crippen LogP contribution < -0.4 is 5.43 Å². The summed E-state index contributed by atoms with van der Waals surface area (Å²) in [5, 5.41) is 1.96. The summed E-state index contributed by atoms with van der Waals surface area (Å²) < 4.78 is 5.19. The van der Waals surface area contributed by atoms with Gasteiger partial charge < -0.3 is 4.74 Å². The van der Waals surface area contributed by atoms with Gasteiger partial charge >= 0.3 is 6.09 Å². The number of rotatable bonds is 1. The van der Waals surface area contributed by atoms with Crippen molar-refractivity contribution in [3.8, 4) is 0 Å². The van der Waals surface area contributed by atoms with Crippen molar-refractivity contribution in [1.82, 2.24) is 10.4 Å². The largest absolute Gasteiger partial charge is 0.443 e. The highest BCUT2D eigenvalue weighted by Crippen LogP contribution is 2.09. The van der Waals surface area contributed by atoms with E-state index in [0.29, 0.717) is 0 Å². The Labute approximate surface area is 91.9 Å². The SMILES string of the molecule is CC(C)(C)OC(=O)NN1CCCCCC1. The van der Waals surface area contributed by atoms with Crippen molar-refractivity contribution >= 4 is 6.09 Å². The normalized spacial score (nSPS) is 19.4. The number of carbonyl (C=O) groups is 1. The maximum Gasteiger partial charge on any atom is 0.422 e. The van der Waals surface area contributed by atoms with E-state index in [1.807, 2.05) is 25.8 Å². The predicted molar refractivity (Wildman–Crippen MR) is 59.4 cm³/mol. The van der Waals surface area contributed by atoms with Crippen LogP contribution in [0.1, 0.15) is 46.5 Å². The van der Waals surface area contributed by atoms with Crippen LogP contribution in [-0.2, 0) is 4.74 Å². The number of hydrogen-bond acceptors (Lipinski definition) is 3. The van der Waals surface area contributed by atoms with Crippen LogP contribution in [0.4, 0.5) is 4.79 Å². The topological polar surface area (TPSA) is 41.6 Å². The molecule has 4 nitrogen and oxygen atoms in total. The third-order valence-corrected chi connectivity index (χ3v) is 2.25. The molecule has 1 amide bonds. The van der Waals surface area contributed by atoms with Gasteiger partial charge in [-0.25, -0.2) is 9.80 Å². The van der Waals surface area contributed by atoms with Gasteiger partial charge in [-0.1, -0.05) is 12.8 Å². The minimum absolute atomic E-state index is 0.343. The molecule has 0 aliphatic carbocycles. The first-order chi connectivity index (χ1) is 6.97. The fourth-order valence-electron chi connectivity index (χ4n) is 1.61. The van der Waals surface area contributed by atoms with Gasteiger partial charge in [0, 0.05) is 13.1 Å². The zero-order chi connectivity index (χ0) is 11.3. The molecule has 0 aromatic carbocycles. The second kappa shape index (κ2) is 5.35. The Morgan fingerprint density at radius 2 is 1.67 bits per heavy atom. The average Bonchev–Trinajstić information content (AvgIpc) is 2.28. The summed E-state index contributed by atoms with van der Waals surface area (Å²) in [6, 6.07) is 0. The first kappa shape index (κ1) is 12.3. The number of nitrogens with zero attached hydrogens (tertiary/aromatic N) is 1. The van der Waals surface area contributed by atoms with Crippen molar-refractivity contribution in [2.45, 2.75) is 52.1 Å². The molecule has 1 rings (SSSR count). The van der Waals surface area contributed by atoms with Crippen LogP contribution in [0.15, 0.2) is 0 Å². The maximum absolute atomic E-state index is 11.5. The predicted octanol–water partition coefficient (Wildman–Crippen LogP) is 2.30. The van der Waals surface area contributed by atoms with Crippen molar-refractivity contribution < 1.29 is 9.53 Å². The van der Waals surface area contributed by atoms with Gasteiger partial charge in [0.2, 0.25) is 0 Å². The first-order valence-electron chi connectivity index (χ1n) is 5.72. The number of hydrazine groups is 1. The molecule has 4 heteroatoms. The summed E-state index contributed by atoms with van der Waals surface area (Å²) in [6.07, 6.45) is 4.47. The van der Waals surface area contributed by atoms with Crippen molar-refractivity contribution in [3.05, 3.63) is 0 Å². The molecule has 1 N–H and O–H groups in total. The molecule has 0 saturated carbocycles. The number of ether oxygens (including phenoxy) is 1. The zero-order valence-corrected chi connectivity index (χ0v) is 10.0. The zero-order valence-electron chi connectivity index (χ0n) is 10.0. The van der Waals surface area contributed by atoms with Crippen molar-refractivity contribution in [2.24, 2.45) is 0 Å². The van der Waals surface area contributed by atoms with Crippen LogP contribution in [0.25, 0.3) is 0 Å². The van der Waals surface area contributed by atoms with Crippen molar-refractivity contribution in [3.63, 3.8) is 0 Å².